The fourth-order valence-corrected chi connectivity index (χ4v) is 4.62. The maximum absolute atomic E-state index is 12.1. The molecule has 0 aromatic carbocycles. The van der Waals surface area contributed by atoms with Gasteiger partial charge in [0.05, 0.1) is 12.0 Å². The van der Waals surface area contributed by atoms with E-state index >= 15 is 0 Å². The molecule has 0 bridgehead atoms. The molecule has 1 fully saturated rings. The van der Waals surface area contributed by atoms with E-state index in [1.54, 1.807) is 0 Å². The number of amides is 1. The zero-order valence-electron chi connectivity index (χ0n) is 11.9. The summed E-state index contributed by atoms with van der Waals surface area (Å²) in [6, 6.07) is -0.876. The second-order valence-electron chi connectivity index (χ2n) is 6.57. The lowest BCUT2D eigenvalue weighted by Crippen LogP contribution is -2.76. The molecule has 1 heterocycles. The van der Waals surface area contributed by atoms with Gasteiger partial charge in [0, 0.05) is 0 Å². The quantitative estimate of drug-likeness (QED) is 0.600. The first-order valence-electron chi connectivity index (χ1n) is 6.17. The van der Waals surface area contributed by atoms with E-state index < -0.39 is 32.3 Å². The van der Waals surface area contributed by atoms with Crippen LogP contribution in [0.5, 0.6) is 0 Å². The van der Waals surface area contributed by atoms with Crippen molar-refractivity contribution in [3.05, 3.63) is 0 Å². The van der Waals surface area contributed by atoms with E-state index in [1.165, 1.54) is 11.5 Å². The third-order valence-corrected chi connectivity index (χ3v) is 9.73. The van der Waals surface area contributed by atoms with E-state index in [-0.39, 0.29) is 10.9 Å². The largest absolute Gasteiger partial charge is 0.480 e. The average molecular weight is 273 g/mol. The van der Waals surface area contributed by atoms with E-state index in [2.05, 4.69) is 0 Å². The number of aliphatic carboxylic acids is 1. The van der Waals surface area contributed by atoms with Gasteiger partial charge < -0.3 is 14.8 Å². The minimum absolute atomic E-state index is 0.111. The van der Waals surface area contributed by atoms with Crippen molar-refractivity contribution in [2.24, 2.45) is 5.92 Å². The lowest BCUT2D eigenvalue weighted by atomic mass is 9.86. The Kier molecular flexibility index (Phi) is 3.66. The Morgan fingerprint density at radius 1 is 1.39 bits per heavy atom. The van der Waals surface area contributed by atoms with Crippen LogP contribution in [0.2, 0.25) is 18.1 Å². The van der Waals surface area contributed by atoms with Crippen molar-refractivity contribution in [3.63, 3.8) is 0 Å². The second-order valence-corrected chi connectivity index (χ2v) is 11.7. The van der Waals surface area contributed by atoms with Crippen LogP contribution in [0.3, 0.4) is 0 Å². The molecule has 0 aromatic heterocycles. The Bertz CT molecular complexity index is 373. The molecule has 0 aliphatic carbocycles. The van der Waals surface area contributed by atoms with E-state index in [9.17, 15) is 19.8 Å². The number of hydrogen-bond donors (Lipinski definition) is 2. The van der Waals surface area contributed by atoms with Crippen LogP contribution in [0.1, 0.15) is 27.7 Å². The molecule has 5 nitrogen and oxygen atoms in total. The maximum Gasteiger partial charge on any atom is 0.326 e. The fraction of sp³-hybridized carbons (Fsp3) is 0.833. The summed E-state index contributed by atoms with van der Waals surface area (Å²) < 4.78 is 1.53. The highest BCUT2D eigenvalue weighted by molar-refractivity contribution is 6.80. The molecule has 1 saturated heterocycles. The molecule has 6 heteroatoms. The number of aliphatic hydroxyl groups excluding tert-OH is 1. The van der Waals surface area contributed by atoms with E-state index in [1.807, 2.05) is 33.9 Å². The van der Waals surface area contributed by atoms with Gasteiger partial charge in [0.15, 0.2) is 8.24 Å². The standard InChI is InChI=1S/C12H23NO4Si/c1-7(14)8-9(11(16)17)13(10(8)15)18(5,6)12(2,3)4/h7-9,14H,1-6H3,(H,16,17)/t7-,8-,9+/m1/s1. The Labute approximate surface area is 109 Å². The van der Waals surface area contributed by atoms with Crippen LogP contribution in [0.15, 0.2) is 0 Å². The number of hydrogen-bond acceptors (Lipinski definition) is 3. The molecule has 0 aromatic rings. The molecular weight excluding hydrogens is 250 g/mol. The first kappa shape index (κ1) is 15.2. The van der Waals surface area contributed by atoms with Crippen molar-refractivity contribution in [1.82, 2.24) is 4.57 Å². The van der Waals surface area contributed by atoms with Gasteiger partial charge in [-0.1, -0.05) is 33.9 Å². The minimum Gasteiger partial charge on any atom is -0.480 e. The number of carbonyl (C=O) groups excluding carboxylic acids is 1. The molecular formula is C12H23NO4Si. The molecule has 1 aliphatic rings. The van der Waals surface area contributed by atoms with Crippen molar-refractivity contribution in [3.8, 4) is 0 Å². The number of β-lactam (4-membered cyclic amide) rings is 1. The van der Waals surface area contributed by atoms with E-state index in [0.717, 1.165) is 0 Å². The van der Waals surface area contributed by atoms with Crippen LogP contribution in [0, 0.1) is 5.92 Å². The molecule has 3 atom stereocenters. The number of carboxylic acids is 1. The fourth-order valence-electron chi connectivity index (χ4n) is 2.23. The van der Waals surface area contributed by atoms with Gasteiger partial charge in [0.25, 0.3) is 0 Å². The number of nitrogens with zero attached hydrogens (tertiary/aromatic N) is 1. The molecule has 1 rings (SSSR count). The van der Waals surface area contributed by atoms with Crippen LogP contribution < -0.4 is 0 Å². The summed E-state index contributed by atoms with van der Waals surface area (Å²) in [6.07, 6.45) is -0.917. The molecule has 1 aliphatic heterocycles. The molecule has 0 unspecified atom stereocenters. The molecule has 1 amide bonds. The number of rotatable bonds is 3. The highest BCUT2D eigenvalue weighted by Gasteiger charge is 2.61. The Hall–Kier alpha value is -0.883. The van der Waals surface area contributed by atoms with Gasteiger partial charge in [-0.3, -0.25) is 4.79 Å². The zero-order chi connectivity index (χ0) is 14.5. The zero-order valence-corrected chi connectivity index (χ0v) is 12.9. The lowest BCUT2D eigenvalue weighted by Gasteiger charge is -2.57. The summed E-state index contributed by atoms with van der Waals surface area (Å²) in [7, 11) is -2.21. The molecule has 0 saturated carbocycles. The third kappa shape index (κ3) is 2.07. The normalized spacial score (nSPS) is 26.8. The van der Waals surface area contributed by atoms with Crippen LogP contribution >= 0.6 is 0 Å². The minimum atomic E-state index is -2.21. The molecule has 0 radical (unpaired) electrons. The average Bonchev–Trinajstić information content (AvgIpc) is 2.09. The monoisotopic (exact) mass is 273 g/mol. The Balaban J connectivity index is 3.12. The summed E-state index contributed by atoms with van der Waals surface area (Å²) >= 11 is 0. The topological polar surface area (TPSA) is 77.8 Å². The van der Waals surface area contributed by atoms with Gasteiger partial charge in [-0.15, -0.1) is 0 Å². The second kappa shape index (κ2) is 4.34. The van der Waals surface area contributed by atoms with E-state index in [4.69, 9.17) is 0 Å². The van der Waals surface area contributed by atoms with Gasteiger partial charge in [0.2, 0.25) is 5.91 Å². The Morgan fingerprint density at radius 3 is 2.11 bits per heavy atom. The van der Waals surface area contributed by atoms with Gasteiger partial charge in [-0.2, -0.15) is 0 Å². The van der Waals surface area contributed by atoms with Crippen LogP contribution in [0.25, 0.3) is 0 Å². The highest BCUT2D eigenvalue weighted by atomic mass is 28.3. The predicted molar refractivity (Wildman–Crippen MR) is 70.6 cm³/mol. The van der Waals surface area contributed by atoms with Gasteiger partial charge in [0.1, 0.15) is 6.04 Å². The van der Waals surface area contributed by atoms with Gasteiger partial charge in [-0.25, -0.2) is 4.79 Å². The van der Waals surface area contributed by atoms with Crippen LogP contribution in [-0.4, -0.2) is 47.0 Å². The molecule has 104 valence electrons. The number of carbonyl (C=O) groups is 2. The first-order valence-corrected chi connectivity index (χ1v) is 9.11. The summed E-state index contributed by atoms with van der Waals surface area (Å²) in [5.74, 6) is -2.04. The smallest absolute Gasteiger partial charge is 0.326 e. The SMILES string of the molecule is C[C@@H](O)[C@H]1C(=O)N([Si](C)(C)C(C)(C)C)[C@@H]1C(=O)O. The van der Waals surface area contributed by atoms with Crippen molar-refractivity contribution in [1.29, 1.82) is 0 Å². The Morgan fingerprint density at radius 2 is 1.83 bits per heavy atom. The first-order chi connectivity index (χ1) is 7.93. The van der Waals surface area contributed by atoms with Crippen molar-refractivity contribution < 1.29 is 19.8 Å². The van der Waals surface area contributed by atoms with Crippen molar-refractivity contribution in [2.75, 3.05) is 0 Å². The van der Waals surface area contributed by atoms with Crippen LogP contribution in [0.4, 0.5) is 0 Å². The lowest BCUT2D eigenvalue weighted by molar-refractivity contribution is -0.169. The van der Waals surface area contributed by atoms with Gasteiger partial charge >= 0.3 is 5.97 Å². The summed E-state index contributed by atoms with van der Waals surface area (Å²) in [5.41, 5.74) is 0. The maximum atomic E-state index is 12.1. The molecule has 2 N–H and O–H groups in total. The summed E-state index contributed by atoms with van der Waals surface area (Å²) in [6.45, 7) is 11.6. The third-order valence-electron chi connectivity index (χ3n) is 4.35. The molecule has 0 spiro atoms. The predicted octanol–water partition coefficient (Wildman–Crippen LogP) is 1.28. The molecule has 18 heavy (non-hydrogen) atoms. The number of carboxylic acid groups (broad SMARTS) is 1. The van der Waals surface area contributed by atoms with E-state index in [0.29, 0.717) is 0 Å². The van der Waals surface area contributed by atoms with Gasteiger partial charge in [-0.05, 0) is 12.0 Å². The van der Waals surface area contributed by atoms with Crippen LogP contribution in [-0.2, 0) is 9.59 Å². The number of aliphatic hydroxyl groups is 1. The van der Waals surface area contributed by atoms with Crippen molar-refractivity contribution in [2.45, 2.75) is 58.0 Å². The highest BCUT2D eigenvalue weighted by Crippen LogP contribution is 2.45. The summed E-state index contributed by atoms with van der Waals surface area (Å²) in [5, 5.41) is 18.7. The van der Waals surface area contributed by atoms with Crippen molar-refractivity contribution >= 4 is 20.1 Å². The summed E-state index contributed by atoms with van der Waals surface area (Å²) in [4.78, 5) is 23.5.